The molecule has 176 valence electrons. The van der Waals surface area contributed by atoms with Crippen LogP contribution in [0.5, 0.6) is 0 Å². The Hall–Kier alpha value is -2.68. The predicted molar refractivity (Wildman–Crippen MR) is 130 cm³/mol. The summed E-state index contributed by atoms with van der Waals surface area (Å²) >= 11 is 0. The number of nitrogens with two attached hydrogens (primary N) is 1. The molecule has 2 heterocycles. The summed E-state index contributed by atoms with van der Waals surface area (Å²) in [5.74, 6) is -0.00328. The number of rotatable bonds is 9. The molecule has 1 aromatic heterocycles. The first-order chi connectivity index (χ1) is 15.9. The largest absolute Gasteiger partial charge is 0.385 e. The first-order valence-electron chi connectivity index (χ1n) is 11.3. The second-order valence-electron chi connectivity index (χ2n) is 8.65. The van der Waals surface area contributed by atoms with Gasteiger partial charge in [0.2, 0.25) is 15.9 Å². The summed E-state index contributed by atoms with van der Waals surface area (Å²) in [7, 11) is -1.68. The Morgan fingerprint density at radius 3 is 2.55 bits per heavy atom. The summed E-state index contributed by atoms with van der Waals surface area (Å²) < 4.78 is 31.9. The molecule has 3 N–H and O–H groups in total. The molecule has 0 spiro atoms. The summed E-state index contributed by atoms with van der Waals surface area (Å²) in [5, 5.41) is 1.08. The van der Waals surface area contributed by atoms with Crippen LogP contribution in [0.4, 0.5) is 0 Å². The van der Waals surface area contributed by atoms with E-state index in [1.54, 1.807) is 11.4 Å². The molecule has 2 aromatic carbocycles. The maximum Gasteiger partial charge on any atom is 0.221 e. The number of carbonyl (C=O) groups is 1. The minimum Gasteiger partial charge on any atom is -0.385 e. The van der Waals surface area contributed by atoms with E-state index in [-0.39, 0.29) is 24.0 Å². The minimum absolute atomic E-state index is 0.121. The van der Waals surface area contributed by atoms with Crippen molar-refractivity contribution in [2.45, 2.75) is 31.6 Å². The molecule has 8 heteroatoms. The van der Waals surface area contributed by atoms with Crippen molar-refractivity contribution >= 4 is 26.8 Å². The summed E-state index contributed by atoms with van der Waals surface area (Å²) in [6.45, 7) is 1.47. The average molecular weight is 470 g/mol. The standard InChI is InChI=1S/C25H31N3O4S/c1-32-12-5-13-33(30,31)28-10-8-19(9-11-28)23-17-27-25-21(16-24(26)29)14-20(15-22(23)25)18-6-3-2-4-7-18/h2-4,6-7,14-15,17,19,27H,5,8-13,16H2,1H3,(H2,26,29). The lowest BCUT2D eigenvalue weighted by Crippen LogP contribution is -2.39. The van der Waals surface area contributed by atoms with Gasteiger partial charge in [0.25, 0.3) is 0 Å². The van der Waals surface area contributed by atoms with Crippen LogP contribution in [0.25, 0.3) is 22.0 Å². The van der Waals surface area contributed by atoms with Gasteiger partial charge in [0.15, 0.2) is 0 Å². The SMILES string of the molecule is COCCCS(=O)(=O)N1CCC(c2c[nH]c3c(CC(N)=O)cc(-c4ccccc4)cc23)CC1. The van der Waals surface area contributed by atoms with E-state index in [9.17, 15) is 13.2 Å². The van der Waals surface area contributed by atoms with E-state index >= 15 is 0 Å². The van der Waals surface area contributed by atoms with Gasteiger partial charge in [-0.1, -0.05) is 30.3 Å². The lowest BCUT2D eigenvalue weighted by Gasteiger charge is -2.31. The molecule has 0 aliphatic carbocycles. The van der Waals surface area contributed by atoms with Gasteiger partial charge in [0.1, 0.15) is 0 Å². The van der Waals surface area contributed by atoms with Gasteiger partial charge in [0, 0.05) is 43.9 Å². The van der Waals surface area contributed by atoms with Crippen molar-refractivity contribution in [1.29, 1.82) is 0 Å². The van der Waals surface area contributed by atoms with E-state index in [1.165, 1.54) is 5.56 Å². The number of hydrogen-bond acceptors (Lipinski definition) is 4. The number of nitrogens with zero attached hydrogens (tertiary/aromatic N) is 1. The molecule has 4 rings (SSSR count). The Morgan fingerprint density at radius 1 is 1.15 bits per heavy atom. The zero-order valence-corrected chi connectivity index (χ0v) is 19.7. The van der Waals surface area contributed by atoms with Gasteiger partial charge in [-0.05, 0) is 59.6 Å². The van der Waals surface area contributed by atoms with Crippen LogP contribution in [0.1, 0.15) is 36.3 Å². The normalized spacial score (nSPS) is 15.8. The van der Waals surface area contributed by atoms with Gasteiger partial charge in [0.05, 0.1) is 12.2 Å². The van der Waals surface area contributed by atoms with E-state index in [4.69, 9.17) is 10.5 Å². The predicted octanol–water partition coefficient (Wildman–Crippen LogP) is 3.41. The molecule has 1 aliphatic rings. The lowest BCUT2D eigenvalue weighted by molar-refractivity contribution is -0.117. The third-order valence-electron chi connectivity index (χ3n) is 6.41. The number of piperidine rings is 1. The average Bonchev–Trinajstić information content (AvgIpc) is 3.24. The molecule has 0 radical (unpaired) electrons. The van der Waals surface area contributed by atoms with Crippen molar-refractivity contribution in [3.05, 3.63) is 59.8 Å². The molecule has 0 unspecified atom stereocenters. The van der Waals surface area contributed by atoms with Crippen molar-refractivity contribution in [3.8, 4) is 11.1 Å². The second kappa shape index (κ2) is 10.1. The van der Waals surface area contributed by atoms with Crippen LogP contribution in [0.2, 0.25) is 0 Å². The van der Waals surface area contributed by atoms with Crippen LogP contribution in [0.3, 0.4) is 0 Å². The number of H-pyrrole nitrogens is 1. The topological polar surface area (TPSA) is 105 Å². The first-order valence-corrected chi connectivity index (χ1v) is 12.9. The van der Waals surface area contributed by atoms with Crippen LogP contribution >= 0.6 is 0 Å². The number of primary amides is 1. The van der Waals surface area contributed by atoms with Crippen LogP contribution in [-0.2, 0) is 26.0 Å². The Labute approximate surface area is 195 Å². The van der Waals surface area contributed by atoms with Crippen molar-refractivity contribution in [3.63, 3.8) is 0 Å². The second-order valence-corrected chi connectivity index (χ2v) is 10.7. The lowest BCUT2D eigenvalue weighted by atomic mass is 9.88. The monoisotopic (exact) mass is 469 g/mol. The van der Waals surface area contributed by atoms with E-state index < -0.39 is 10.0 Å². The number of benzene rings is 2. The highest BCUT2D eigenvalue weighted by atomic mass is 32.2. The Bertz CT molecular complexity index is 1210. The zero-order valence-electron chi connectivity index (χ0n) is 18.9. The Balaban J connectivity index is 1.61. The van der Waals surface area contributed by atoms with Crippen LogP contribution < -0.4 is 5.73 Å². The number of sulfonamides is 1. The van der Waals surface area contributed by atoms with E-state index in [0.29, 0.717) is 26.1 Å². The fraction of sp³-hybridized carbons (Fsp3) is 0.400. The molecule has 1 amide bonds. The van der Waals surface area contributed by atoms with Crippen LogP contribution in [0.15, 0.2) is 48.7 Å². The molecular weight excluding hydrogens is 438 g/mol. The highest BCUT2D eigenvalue weighted by molar-refractivity contribution is 7.89. The number of aromatic amines is 1. The fourth-order valence-corrected chi connectivity index (χ4v) is 6.26. The molecule has 1 saturated heterocycles. The molecule has 33 heavy (non-hydrogen) atoms. The fourth-order valence-electron chi connectivity index (χ4n) is 4.75. The Morgan fingerprint density at radius 2 is 1.88 bits per heavy atom. The number of amides is 1. The summed E-state index contributed by atoms with van der Waals surface area (Å²) in [6.07, 6.45) is 4.20. The van der Waals surface area contributed by atoms with E-state index in [2.05, 4.69) is 23.2 Å². The quantitative estimate of drug-likeness (QED) is 0.469. The third kappa shape index (κ3) is 5.29. The Kier molecular flexibility index (Phi) is 7.17. The van der Waals surface area contributed by atoms with Gasteiger partial charge in [-0.25, -0.2) is 12.7 Å². The van der Waals surface area contributed by atoms with Gasteiger partial charge in [-0.2, -0.15) is 0 Å². The molecular formula is C25H31N3O4S. The van der Waals surface area contributed by atoms with Crippen LogP contribution in [0, 0.1) is 0 Å². The van der Waals surface area contributed by atoms with Crippen molar-refractivity contribution in [1.82, 2.24) is 9.29 Å². The molecule has 1 aliphatic heterocycles. The third-order valence-corrected chi connectivity index (χ3v) is 8.37. The number of hydrogen-bond donors (Lipinski definition) is 2. The van der Waals surface area contributed by atoms with Gasteiger partial charge < -0.3 is 15.5 Å². The van der Waals surface area contributed by atoms with Gasteiger partial charge in [-0.3, -0.25) is 4.79 Å². The first kappa shape index (κ1) is 23.5. The van der Waals surface area contributed by atoms with Gasteiger partial charge >= 0.3 is 0 Å². The molecule has 1 fully saturated rings. The molecule has 0 atom stereocenters. The number of aromatic nitrogens is 1. The number of carbonyl (C=O) groups excluding carboxylic acids is 1. The number of ether oxygens (including phenoxy) is 1. The van der Waals surface area contributed by atoms with E-state index in [0.717, 1.165) is 40.4 Å². The molecule has 7 nitrogen and oxygen atoms in total. The van der Waals surface area contributed by atoms with Crippen molar-refractivity contribution in [2.75, 3.05) is 32.6 Å². The summed E-state index contributed by atoms with van der Waals surface area (Å²) in [5.41, 5.74) is 10.6. The highest BCUT2D eigenvalue weighted by Crippen LogP contribution is 2.37. The van der Waals surface area contributed by atoms with E-state index in [1.807, 2.05) is 30.5 Å². The zero-order chi connectivity index (χ0) is 23.4. The smallest absolute Gasteiger partial charge is 0.221 e. The van der Waals surface area contributed by atoms with Crippen molar-refractivity contribution in [2.24, 2.45) is 5.73 Å². The number of methoxy groups -OCH3 is 1. The summed E-state index contributed by atoms with van der Waals surface area (Å²) in [4.78, 5) is 15.1. The van der Waals surface area contributed by atoms with Crippen molar-refractivity contribution < 1.29 is 17.9 Å². The minimum atomic E-state index is -3.26. The molecule has 0 bridgehead atoms. The number of fused-ring (bicyclic) bond motifs is 1. The highest BCUT2D eigenvalue weighted by Gasteiger charge is 2.29. The maximum absolute atomic E-state index is 12.6. The summed E-state index contributed by atoms with van der Waals surface area (Å²) in [6, 6.07) is 14.3. The maximum atomic E-state index is 12.6. The van der Waals surface area contributed by atoms with Gasteiger partial charge in [-0.15, -0.1) is 0 Å². The van der Waals surface area contributed by atoms with Crippen LogP contribution in [-0.4, -0.2) is 56.2 Å². The molecule has 0 saturated carbocycles. The number of nitrogens with one attached hydrogen (secondary N) is 1. The molecule has 3 aromatic rings.